The maximum Gasteiger partial charge on any atom is 0.245 e. The fourth-order valence-electron chi connectivity index (χ4n) is 1.50. The molecule has 0 spiro atoms. The minimum atomic E-state index is -0.904. The van der Waals surface area contributed by atoms with Crippen molar-refractivity contribution in [3.8, 4) is 10.6 Å². The fourth-order valence-corrected chi connectivity index (χ4v) is 3.30. The molecule has 0 saturated heterocycles. The second kappa shape index (κ2) is 6.22. The summed E-state index contributed by atoms with van der Waals surface area (Å²) in [5.41, 5.74) is 5.79. The highest BCUT2D eigenvalue weighted by molar-refractivity contribution is 7.18. The van der Waals surface area contributed by atoms with Crippen molar-refractivity contribution in [2.24, 2.45) is 5.73 Å². The van der Waals surface area contributed by atoms with Crippen molar-refractivity contribution in [1.82, 2.24) is 4.98 Å². The van der Waals surface area contributed by atoms with Crippen molar-refractivity contribution in [2.45, 2.75) is 33.2 Å². The van der Waals surface area contributed by atoms with Crippen LogP contribution in [0.2, 0.25) is 0 Å². The van der Waals surface area contributed by atoms with E-state index in [2.05, 4.69) is 29.4 Å². The third-order valence-electron chi connectivity index (χ3n) is 2.58. The summed E-state index contributed by atoms with van der Waals surface area (Å²) in [5.74, 6) is -0.227. The van der Waals surface area contributed by atoms with Crippen molar-refractivity contribution >= 4 is 46.1 Å². The maximum absolute atomic E-state index is 11.8. The van der Waals surface area contributed by atoms with Crippen LogP contribution in [-0.4, -0.2) is 16.4 Å². The van der Waals surface area contributed by atoms with Gasteiger partial charge in [0.25, 0.3) is 0 Å². The number of hydrogen-bond acceptors (Lipinski definition) is 5. The summed E-state index contributed by atoms with van der Waals surface area (Å²) in [6.45, 7) is 7.42. The van der Waals surface area contributed by atoms with E-state index in [4.69, 9.17) is 5.73 Å². The molecule has 4 nitrogen and oxygen atoms in total. The minimum absolute atomic E-state index is 0. The first kappa shape index (κ1) is 17.1. The number of carbonyl (C=O) groups excluding carboxylic acids is 1. The lowest BCUT2D eigenvalue weighted by Crippen LogP contribution is -2.45. The lowest BCUT2D eigenvalue weighted by atomic mass is 10.1. The second-order valence-corrected chi connectivity index (χ2v) is 7.50. The molecule has 3 N–H and O–H groups in total. The van der Waals surface area contributed by atoms with Gasteiger partial charge in [-0.25, -0.2) is 4.98 Å². The summed E-state index contributed by atoms with van der Waals surface area (Å²) in [5, 5.41) is 3.37. The normalized spacial score (nSPS) is 11.1. The van der Waals surface area contributed by atoms with Gasteiger partial charge in [0, 0.05) is 9.75 Å². The molecule has 2 heterocycles. The van der Waals surface area contributed by atoms with E-state index in [-0.39, 0.29) is 18.3 Å². The number of carbonyl (C=O) groups is 1. The molecule has 2 aromatic heterocycles. The number of hydrogen-bond donors (Lipinski definition) is 2. The number of nitrogens with two attached hydrogens (primary N) is 1. The van der Waals surface area contributed by atoms with E-state index in [0.29, 0.717) is 5.13 Å². The van der Waals surface area contributed by atoms with Crippen molar-refractivity contribution < 1.29 is 4.79 Å². The van der Waals surface area contributed by atoms with Crippen LogP contribution in [0.4, 0.5) is 5.13 Å². The van der Waals surface area contributed by atoms with Gasteiger partial charge in [0.1, 0.15) is 0 Å². The number of nitrogens with one attached hydrogen (secondary N) is 1. The van der Waals surface area contributed by atoms with Gasteiger partial charge in [-0.05, 0) is 39.8 Å². The average Bonchev–Trinajstić information content (AvgIpc) is 2.83. The van der Waals surface area contributed by atoms with Crippen molar-refractivity contribution in [2.75, 3.05) is 5.32 Å². The average molecular weight is 332 g/mol. The lowest BCUT2D eigenvalue weighted by molar-refractivity contribution is -0.120. The van der Waals surface area contributed by atoms with Crippen molar-refractivity contribution in [3.63, 3.8) is 0 Å². The number of rotatable bonds is 3. The first-order chi connectivity index (χ1) is 8.77. The molecule has 0 fully saturated rings. The summed E-state index contributed by atoms with van der Waals surface area (Å²) >= 11 is 3.17. The van der Waals surface area contributed by atoms with Crippen LogP contribution in [0.5, 0.6) is 0 Å². The number of aromatic nitrogens is 1. The molecule has 0 aliphatic carbocycles. The Morgan fingerprint density at radius 1 is 1.30 bits per heavy atom. The first-order valence-corrected chi connectivity index (χ1v) is 7.55. The summed E-state index contributed by atoms with van der Waals surface area (Å²) < 4.78 is 0. The van der Waals surface area contributed by atoms with Crippen LogP contribution >= 0.6 is 35.1 Å². The highest BCUT2D eigenvalue weighted by Crippen LogP contribution is 2.34. The number of amides is 1. The molecule has 0 aliphatic heterocycles. The minimum Gasteiger partial charge on any atom is -0.318 e. The second-order valence-electron chi connectivity index (χ2n) is 5.01. The molecule has 20 heavy (non-hydrogen) atoms. The van der Waals surface area contributed by atoms with Gasteiger partial charge in [-0.15, -0.1) is 35.1 Å². The molecule has 2 rings (SSSR count). The number of nitrogens with zero attached hydrogens (tertiary/aromatic N) is 1. The Balaban J connectivity index is 0.00000200. The number of thiophene rings is 1. The third-order valence-corrected chi connectivity index (χ3v) is 4.47. The van der Waals surface area contributed by atoms with E-state index >= 15 is 0 Å². The molecule has 110 valence electrons. The Bertz CT molecular complexity index is 613. The largest absolute Gasteiger partial charge is 0.318 e. The Hall–Kier alpha value is -0.950. The highest BCUT2D eigenvalue weighted by Gasteiger charge is 2.23. The maximum atomic E-state index is 11.8. The van der Waals surface area contributed by atoms with Crippen molar-refractivity contribution in [1.29, 1.82) is 0 Å². The molecule has 0 bridgehead atoms. The zero-order chi connectivity index (χ0) is 14.2. The molecular formula is C13H18ClN3OS2. The van der Waals surface area contributed by atoms with E-state index in [1.165, 1.54) is 16.2 Å². The van der Waals surface area contributed by atoms with E-state index in [1.54, 1.807) is 25.2 Å². The van der Waals surface area contributed by atoms with Crippen LogP contribution < -0.4 is 11.1 Å². The van der Waals surface area contributed by atoms with Crippen LogP contribution in [-0.2, 0) is 4.79 Å². The Morgan fingerprint density at radius 2 is 1.95 bits per heavy atom. The van der Waals surface area contributed by atoms with Gasteiger partial charge in [-0.1, -0.05) is 0 Å². The fraction of sp³-hybridized carbons (Fsp3) is 0.385. The molecule has 0 aliphatic rings. The van der Waals surface area contributed by atoms with Crippen LogP contribution in [0, 0.1) is 13.8 Å². The first-order valence-electron chi connectivity index (χ1n) is 5.92. The van der Waals surface area contributed by atoms with Crippen molar-refractivity contribution in [3.05, 3.63) is 21.9 Å². The molecule has 2 aromatic rings. The van der Waals surface area contributed by atoms with Gasteiger partial charge < -0.3 is 11.1 Å². The van der Waals surface area contributed by atoms with E-state index in [9.17, 15) is 4.79 Å². The Labute approximate surface area is 132 Å². The number of anilines is 1. The zero-order valence-corrected chi connectivity index (χ0v) is 14.3. The van der Waals surface area contributed by atoms with E-state index < -0.39 is 5.54 Å². The Kier molecular flexibility index (Phi) is 5.32. The van der Waals surface area contributed by atoms with Gasteiger partial charge in [0.05, 0.1) is 16.1 Å². The Morgan fingerprint density at radius 3 is 2.45 bits per heavy atom. The van der Waals surface area contributed by atoms with E-state index in [1.807, 2.05) is 6.92 Å². The van der Waals surface area contributed by atoms with Gasteiger partial charge in [0.15, 0.2) is 5.13 Å². The number of aryl methyl sites for hydroxylation is 2. The molecule has 0 atom stereocenters. The molecule has 7 heteroatoms. The smallest absolute Gasteiger partial charge is 0.245 e. The highest BCUT2D eigenvalue weighted by atomic mass is 35.5. The SMILES string of the molecule is Cc1ccc(-c2nc(NC(=O)C(C)(C)N)sc2C)s1.Cl. The van der Waals surface area contributed by atoms with Gasteiger partial charge >= 0.3 is 0 Å². The van der Waals surface area contributed by atoms with E-state index in [0.717, 1.165) is 15.4 Å². The molecular weight excluding hydrogens is 314 g/mol. The van der Waals surface area contributed by atoms with Gasteiger partial charge in [0.2, 0.25) is 5.91 Å². The molecule has 0 unspecified atom stereocenters. The standard InChI is InChI=1S/C13H17N3OS2.ClH/c1-7-5-6-9(18-7)10-8(2)19-12(15-10)16-11(17)13(3,4)14;/h5-6H,14H2,1-4H3,(H,15,16,17);1H. The molecule has 0 saturated carbocycles. The van der Waals surface area contributed by atoms with Crippen LogP contribution in [0.1, 0.15) is 23.6 Å². The van der Waals surface area contributed by atoms with Gasteiger partial charge in [-0.3, -0.25) is 4.79 Å². The predicted octanol–water partition coefficient (Wildman–Crippen LogP) is 3.59. The molecule has 0 aromatic carbocycles. The number of thiazole rings is 1. The quantitative estimate of drug-likeness (QED) is 0.903. The molecule has 0 radical (unpaired) electrons. The topological polar surface area (TPSA) is 68.0 Å². The summed E-state index contributed by atoms with van der Waals surface area (Å²) in [6, 6.07) is 4.13. The molecule has 1 amide bonds. The van der Waals surface area contributed by atoms with Gasteiger partial charge in [-0.2, -0.15) is 0 Å². The van der Waals surface area contributed by atoms with Crippen LogP contribution in [0.25, 0.3) is 10.6 Å². The van der Waals surface area contributed by atoms with Crippen LogP contribution in [0.3, 0.4) is 0 Å². The number of halogens is 1. The summed E-state index contributed by atoms with van der Waals surface area (Å²) in [6.07, 6.45) is 0. The monoisotopic (exact) mass is 331 g/mol. The summed E-state index contributed by atoms with van der Waals surface area (Å²) in [7, 11) is 0. The summed E-state index contributed by atoms with van der Waals surface area (Å²) in [4.78, 5) is 19.8. The predicted molar refractivity (Wildman–Crippen MR) is 89.0 cm³/mol. The third kappa shape index (κ3) is 3.79. The van der Waals surface area contributed by atoms with Crippen LogP contribution in [0.15, 0.2) is 12.1 Å². The lowest BCUT2D eigenvalue weighted by Gasteiger charge is -2.16. The zero-order valence-electron chi connectivity index (χ0n) is 11.8.